The fourth-order valence-electron chi connectivity index (χ4n) is 2.33. The molecule has 2 rings (SSSR count). The van der Waals surface area contributed by atoms with Gasteiger partial charge in [-0.1, -0.05) is 19.1 Å². The van der Waals surface area contributed by atoms with Gasteiger partial charge >= 0.3 is 0 Å². The molecule has 5 heteroatoms. The smallest absolute Gasteiger partial charge is 0.123 e. The number of hydrogen-bond donors (Lipinski definition) is 1. The zero-order valence-corrected chi connectivity index (χ0v) is 13.3. The molecule has 0 radical (unpaired) electrons. The number of hydrogen-bond acceptors (Lipinski definition) is 2. The summed E-state index contributed by atoms with van der Waals surface area (Å²) in [6.45, 7) is 2.07. The highest BCUT2D eigenvalue weighted by molar-refractivity contribution is 9.10. The predicted molar refractivity (Wildman–Crippen MR) is 82.1 cm³/mol. The summed E-state index contributed by atoms with van der Waals surface area (Å²) in [6, 6.07) is 6.54. The maximum Gasteiger partial charge on any atom is 0.123 e. The molecule has 20 heavy (non-hydrogen) atoms. The Morgan fingerprint density at radius 2 is 2.15 bits per heavy atom. The van der Waals surface area contributed by atoms with E-state index in [1.807, 2.05) is 17.8 Å². The van der Waals surface area contributed by atoms with E-state index in [4.69, 9.17) is 5.73 Å². The van der Waals surface area contributed by atoms with Gasteiger partial charge in [-0.3, -0.25) is 4.68 Å². The van der Waals surface area contributed by atoms with Gasteiger partial charge in [0.05, 0.1) is 15.9 Å². The summed E-state index contributed by atoms with van der Waals surface area (Å²) in [7, 11) is 1.92. The fraction of sp³-hybridized carbons (Fsp3) is 0.400. The lowest BCUT2D eigenvalue weighted by Gasteiger charge is -2.12. The van der Waals surface area contributed by atoms with Crippen molar-refractivity contribution >= 4 is 15.9 Å². The molecule has 0 aliphatic rings. The zero-order valence-electron chi connectivity index (χ0n) is 11.7. The maximum absolute atomic E-state index is 13.2. The monoisotopic (exact) mass is 339 g/mol. The lowest BCUT2D eigenvalue weighted by atomic mass is 10.0. The van der Waals surface area contributed by atoms with E-state index in [1.165, 1.54) is 12.1 Å². The summed E-state index contributed by atoms with van der Waals surface area (Å²) >= 11 is 3.59. The Hall–Kier alpha value is -1.20. The van der Waals surface area contributed by atoms with Gasteiger partial charge in [0, 0.05) is 19.5 Å². The van der Waals surface area contributed by atoms with Crippen molar-refractivity contribution in [3.63, 3.8) is 0 Å². The van der Waals surface area contributed by atoms with E-state index in [0.717, 1.165) is 27.8 Å². The van der Waals surface area contributed by atoms with Gasteiger partial charge in [-0.15, -0.1) is 0 Å². The van der Waals surface area contributed by atoms with Gasteiger partial charge in [0.25, 0.3) is 0 Å². The molecule has 1 heterocycles. The van der Waals surface area contributed by atoms with Crippen LogP contribution in [0.5, 0.6) is 0 Å². The second-order valence-electron chi connectivity index (χ2n) is 4.98. The number of halogens is 2. The van der Waals surface area contributed by atoms with E-state index in [2.05, 4.69) is 28.0 Å². The average Bonchev–Trinajstić information content (AvgIpc) is 2.66. The molecule has 0 saturated heterocycles. The molecule has 2 N–H and O–H groups in total. The third-order valence-electron chi connectivity index (χ3n) is 3.35. The van der Waals surface area contributed by atoms with E-state index >= 15 is 0 Å². The second-order valence-corrected chi connectivity index (χ2v) is 5.78. The van der Waals surface area contributed by atoms with Crippen LogP contribution in [0.4, 0.5) is 4.39 Å². The van der Waals surface area contributed by atoms with Gasteiger partial charge in [0.1, 0.15) is 5.82 Å². The topological polar surface area (TPSA) is 43.8 Å². The molecule has 0 spiro atoms. The standard InChI is InChI=1S/C15H19BrFN3/c1-3-13-15(16)14(20(2)19-13)9-12(18)8-10-5-4-6-11(17)7-10/h4-7,12H,3,8-9,18H2,1-2H3. The Morgan fingerprint density at radius 3 is 2.75 bits per heavy atom. The zero-order chi connectivity index (χ0) is 14.7. The minimum atomic E-state index is -0.218. The van der Waals surface area contributed by atoms with Crippen molar-refractivity contribution < 1.29 is 4.39 Å². The van der Waals surface area contributed by atoms with E-state index in [-0.39, 0.29) is 11.9 Å². The summed E-state index contributed by atoms with van der Waals surface area (Å²) in [5.41, 5.74) is 9.25. The van der Waals surface area contributed by atoms with Gasteiger partial charge < -0.3 is 5.73 Å². The van der Waals surface area contributed by atoms with Crippen LogP contribution >= 0.6 is 15.9 Å². The third kappa shape index (κ3) is 3.46. The van der Waals surface area contributed by atoms with Gasteiger partial charge in [-0.25, -0.2) is 4.39 Å². The molecule has 0 aliphatic carbocycles. The molecule has 1 aromatic heterocycles. The summed E-state index contributed by atoms with van der Waals surface area (Å²) in [5, 5.41) is 4.46. The molecular formula is C15H19BrFN3. The molecule has 1 atom stereocenters. The Labute approximate surface area is 127 Å². The van der Waals surface area contributed by atoms with Crippen molar-refractivity contribution in [2.75, 3.05) is 0 Å². The first kappa shape index (κ1) is 15.2. The van der Waals surface area contributed by atoms with Gasteiger partial charge in [-0.2, -0.15) is 5.10 Å². The van der Waals surface area contributed by atoms with Gasteiger partial charge in [0.2, 0.25) is 0 Å². The van der Waals surface area contributed by atoms with Crippen LogP contribution in [0.15, 0.2) is 28.7 Å². The molecule has 1 unspecified atom stereocenters. The van der Waals surface area contributed by atoms with Crippen molar-refractivity contribution in [3.05, 3.63) is 51.5 Å². The highest BCUT2D eigenvalue weighted by Crippen LogP contribution is 2.23. The summed E-state index contributed by atoms with van der Waals surface area (Å²) in [4.78, 5) is 0. The van der Waals surface area contributed by atoms with Crippen LogP contribution in [-0.4, -0.2) is 15.8 Å². The molecule has 0 amide bonds. The van der Waals surface area contributed by atoms with E-state index in [0.29, 0.717) is 12.8 Å². The molecule has 0 aliphatic heterocycles. The maximum atomic E-state index is 13.2. The number of nitrogens with two attached hydrogens (primary N) is 1. The Bertz CT molecular complexity index is 595. The summed E-state index contributed by atoms with van der Waals surface area (Å²) < 4.78 is 16.1. The quantitative estimate of drug-likeness (QED) is 0.909. The van der Waals surface area contributed by atoms with Crippen LogP contribution in [0.3, 0.4) is 0 Å². The first-order valence-electron chi connectivity index (χ1n) is 6.71. The average molecular weight is 340 g/mol. The first-order chi connectivity index (χ1) is 9.51. The SMILES string of the molecule is CCc1nn(C)c(CC(N)Cc2cccc(F)c2)c1Br. The van der Waals surface area contributed by atoms with Crippen LogP contribution in [0, 0.1) is 5.82 Å². The van der Waals surface area contributed by atoms with Crippen LogP contribution in [0.1, 0.15) is 23.9 Å². The number of aromatic nitrogens is 2. The van der Waals surface area contributed by atoms with Gasteiger partial charge in [0.15, 0.2) is 0 Å². The fourth-order valence-corrected chi connectivity index (χ4v) is 3.11. The molecule has 2 aromatic rings. The van der Waals surface area contributed by atoms with Gasteiger partial charge in [-0.05, 0) is 46.5 Å². The van der Waals surface area contributed by atoms with Crippen LogP contribution in [-0.2, 0) is 26.3 Å². The van der Waals surface area contributed by atoms with Crippen molar-refractivity contribution in [1.82, 2.24) is 9.78 Å². The normalized spacial score (nSPS) is 12.7. The molecule has 3 nitrogen and oxygen atoms in total. The minimum absolute atomic E-state index is 0.0618. The molecule has 108 valence electrons. The lowest BCUT2D eigenvalue weighted by molar-refractivity contribution is 0.601. The number of nitrogens with zero attached hydrogens (tertiary/aromatic N) is 2. The Kier molecular flexibility index (Phi) is 4.94. The van der Waals surface area contributed by atoms with E-state index in [1.54, 1.807) is 6.07 Å². The predicted octanol–water partition coefficient (Wildman–Crippen LogP) is 3.00. The molecule has 0 saturated carbocycles. The van der Waals surface area contributed by atoms with E-state index < -0.39 is 0 Å². The molecule has 1 aromatic carbocycles. The number of aryl methyl sites for hydroxylation is 2. The molecular weight excluding hydrogens is 321 g/mol. The second kappa shape index (κ2) is 6.50. The van der Waals surface area contributed by atoms with Crippen molar-refractivity contribution in [1.29, 1.82) is 0 Å². The van der Waals surface area contributed by atoms with Crippen molar-refractivity contribution in [3.8, 4) is 0 Å². The summed E-state index contributed by atoms with van der Waals surface area (Å²) in [6.07, 6.45) is 2.24. The molecule has 0 bridgehead atoms. The summed E-state index contributed by atoms with van der Waals surface area (Å²) in [5.74, 6) is -0.218. The Morgan fingerprint density at radius 1 is 1.40 bits per heavy atom. The third-order valence-corrected chi connectivity index (χ3v) is 4.26. The number of rotatable bonds is 5. The van der Waals surface area contributed by atoms with Crippen LogP contribution < -0.4 is 5.73 Å². The first-order valence-corrected chi connectivity index (χ1v) is 7.50. The highest BCUT2D eigenvalue weighted by atomic mass is 79.9. The van der Waals surface area contributed by atoms with Crippen LogP contribution in [0.2, 0.25) is 0 Å². The largest absolute Gasteiger partial charge is 0.327 e. The van der Waals surface area contributed by atoms with Crippen molar-refractivity contribution in [2.24, 2.45) is 12.8 Å². The van der Waals surface area contributed by atoms with E-state index in [9.17, 15) is 4.39 Å². The molecule has 0 fully saturated rings. The number of benzene rings is 1. The van der Waals surface area contributed by atoms with Crippen molar-refractivity contribution in [2.45, 2.75) is 32.2 Å². The minimum Gasteiger partial charge on any atom is -0.327 e. The lowest BCUT2D eigenvalue weighted by Crippen LogP contribution is -2.26. The van der Waals surface area contributed by atoms with Crippen LogP contribution in [0.25, 0.3) is 0 Å². The highest BCUT2D eigenvalue weighted by Gasteiger charge is 2.15. The Balaban J connectivity index is 2.08.